The molecule has 45 heavy (non-hydrogen) atoms. The maximum atomic E-state index is 6.38. The normalized spacial score (nSPS) is 11.7. The molecular weight excluding hydrogens is 738 g/mol. The van der Waals surface area contributed by atoms with Crippen LogP contribution in [0, 0.1) is 32.9 Å². The first kappa shape index (κ1) is 27.5. The first-order valence-electron chi connectivity index (χ1n) is 14.6. The van der Waals surface area contributed by atoms with Gasteiger partial charge in [0.05, 0.1) is 17.0 Å². The van der Waals surface area contributed by atoms with Gasteiger partial charge in [-0.15, -0.1) is 12.1 Å². The number of benzene rings is 4. The molecule has 9 aromatic rings. The van der Waals surface area contributed by atoms with Gasteiger partial charge in [0, 0.05) is 47.4 Å². The van der Waals surface area contributed by atoms with Gasteiger partial charge in [0.2, 0.25) is 0 Å². The summed E-state index contributed by atoms with van der Waals surface area (Å²) in [6, 6.07) is 32.1. The van der Waals surface area contributed by atoms with Crippen molar-refractivity contribution >= 4 is 54.8 Å². The van der Waals surface area contributed by atoms with Crippen molar-refractivity contribution in [1.29, 1.82) is 0 Å². The van der Waals surface area contributed by atoms with E-state index >= 15 is 0 Å². The number of rotatable bonds is 3. The minimum atomic E-state index is 0. The molecule has 7 heteroatoms. The van der Waals surface area contributed by atoms with Crippen LogP contribution in [0.1, 0.15) is 16.7 Å². The molecule has 0 atom stereocenters. The predicted octanol–water partition coefficient (Wildman–Crippen LogP) is 8.97. The van der Waals surface area contributed by atoms with Crippen LogP contribution in [-0.4, -0.2) is 23.8 Å². The molecule has 0 aliphatic carbocycles. The summed E-state index contributed by atoms with van der Waals surface area (Å²) in [7, 11) is 0. The summed E-state index contributed by atoms with van der Waals surface area (Å²) in [5.41, 5.74) is 9.43. The molecule has 218 valence electrons. The van der Waals surface area contributed by atoms with Gasteiger partial charge in [0.25, 0.3) is 0 Å². The Bertz CT molecular complexity index is 2610. The van der Waals surface area contributed by atoms with Crippen LogP contribution in [0.15, 0.2) is 97.6 Å². The summed E-state index contributed by atoms with van der Waals surface area (Å²) in [5, 5.41) is 6.07. The fourth-order valence-electron chi connectivity index (χ4n) is 6.81. The van der Waals surface area contributed by atoms with E-state index < -0.39 is 0 Å². The molecule has 6 nitrogen and oxygen atoms in total. The Balaban J connectivity index is 0.00000300. The third-order valence-corrected chi connectivity index (χ3v) is 8.57. The first-order valence-corrected chi connectivity index (χ1v) is 14.6. The van der Waals surface area contributed by atoms with E-state index in [2.05, 4.69) is 96.9 Å². The number of para-hydroxylation sites is 1. The molecule has 0 N–H and O–H groups in total. The Morgan fingerprint density at radius 1 is 0.622 bits per heavy atom. The van der Waals surface area contributed by atoms with Gasteiger partial charge in [0.1, 0.15) is 5.65 Å². The zero-order valence-electron chi connectivity index (χ0n) is 24.7. The summed E-state index contributed by atoms with van der Waals surface area (Å²) in [5.74, 6) is 1.19. The van der Waals surface area contributed by atoms with Crippen LogP contribution in [0.4, 0.5) is 0 Å². The van der Waals surface area contributed by atoms with Crippen LogP contribution in [0.3, 0.4) is 0 Å². The van der Waals surface area contributed by atoms with E-state index in [-0.39, 0.29) is 21.1 Å². The van der Waals surface area contributed by atoms with Crippen molar-refractivity contribution in [2.24, 2.45) is 0 Å². The smallest absolute Gasteiger partial charge is 0.497 e. The Hall–Kier alpha value is -5.06. The number of hydrogen-bond donors (Lipinski definition) is 0. The van der Waals surface area contributed by atoms with Crippen LogP contribution in [0.5, 0.6) is 11.5 Å². The zero-order chi connectivity index (χ0) is 29.5. The molecule has 0 saturated heterocycles. The second-order valence-electron chi connectivity index (χ2n) is 11.4. The van der Waals surface area contributed by atoms with Gasteiger partial charge in [-0.05, 0) is 54.8 Å². The summed E-state index contributed by atoms with van der Waals surface area (Å²) >= 11 is 0. The van der Waals surface area contributed by atoms with Crippen molar-refractivity contribution < 1.29 is 25.8 Å². The van der Waals surface area contributed by atoms with Gasteiger partial charge in [-0.3, -0.25) is 9.97 Å². The van der Waals surface area contributed by atoms with Crippen molar-refractivity contribution in [3.8, 4) is 22.8 Å². The molecule has 0 radical (unpaired) electrons. The monoisotopic (exact) mass is 762 g/mol. The summed E-state index contributed by atoms with van der Waals surface area (Å²) in [6.45, 7) is 6.43. The average molecular weight is 763 g/mol. The molecule has 0 aliphatic rings. The Labute approximate surface area is 273 Å². The molecule has 4 aromatic carbocycles. The fraction of sp³-hybridized carbons (Fsp3) is 0.0789. The number of fused-ring (bicyclic) bond motifs is 12. The van der Waals surface area contributed by atoms with Crippen LogP contribution in [0.25, 0.3) is 66.0 Å². The molecule has 5 heterocycles. The first-order chi connectivity index (χ1) is 21.5. The number of pyridine rings is 3. The summed E-state index contributed by atoms with van der Waals surface area (Å²) in [6.07, 6.45) is 7.57. The van der Waals surface area contributed by atoms with Gasteiger partial charge >= 0.3 is 21.1 Å². The molecule has 0 unspecified atom stereocenters. The SMILES string of the molecule is Cc1cc(C)c(-c2ccc3c4ccc(Oc5[c-]c6c(cc5)c5ccccc5n5ccnc65)[c-]c4c4nccn4c3n2)c(C)c1.[Pt+2]. The van der Waals surface area contributed by atoms with Gasteiger partial charge < -0.3 is 13.5 Å². The summed E-state index contributed by atoms with van der Waals surface area (Å²) < 4.78 is 10.5. The van der Waals surface area contributed by atoms with E-state index in [1.54, 1.807) is 0 Å². The quantitative estimate of drug-likeness (QED) is 0.133. The van der Waals surface area contributed by atoms with Crippen molar-refractivity contribution in [2.75, 3.05) is 0 Å². The molecule has 0 bridgehead atoms. The van der Waals surface area contributed by atoms with E-state index in [1.165, 1.54) is 22.3 Å². The molecule has 9 rings (SSSR count). The van der Waals surface area contributed by atoms with Crippen LogP contribution >= 0.6 is 0 Å². The second kappa shape index (κ2) is 10.3. The van der Waals surface area contributed by atoms with E-state index in [0.717, 1.165) is 60.5 Å². The predicted molar refractivity (Wildman–Crippen MR) is 176 cm³/mol. The van der Waals surface area contributed by atoms with Gasteiger partial charge in [-0.1, -0.05) is 87.8 Å². The third kappa shape index (κ3) is 4.17. The standard InChI is InChI=1S/C38H25N5O.Pt/c1-22-18-23(2)35(24(3)19-22)33-13-12-30-28-11-9-26(21-32(28)37-40-15-17-43(37)38(30)41-33)44-25-8-10-27-29-6-4-5-7-34(29)42-16-14-39-36(42)31(27)20-25;/h4-19H,1-3H3;/q-2;+2. The van der Waals surface area contributed by atoms with Crippen molar-refractivity contribution in [1.82, 2.24) is 23.8 Å². The molecular formula is C38H25N5OPt. The Morgan fingerprint density at radius 3 is 1.93 bits per heavy atom. The van der Waals surface area contributed by atoms with Crippen LogP contribution in [0.2, 0.25) is 0 Å². The minimum Gasteiger partial charge on any atom is -0.497 e. The molecule has 5 aromatic heterocycles. The number of aryl methyl sites for hydroxylation is 3. The fourth-order valence-corrected chi connectivity index (χ4v) is 6.81. The Kier molecular flexibility index (Phi) is 6.26. The van der Waals surface area contributed by atoms with E-state index in [9.17, 15) is 0 Å². The average Bonchev–Trinajstić information content (AvgIpc) is 3.72. The van der Waals surface area contributed by atoms with Crippen LogP contribution < -0.4 is 4.74 Å². The van der Waals surface area contributed by atoms with E-state index in [1.807, 2.05) is 47.4 Å². The minimum absolute atomic E-state index is 0. The van der Waals surface area contributed by atoms with E-state index in [0.29, 0.717) is 11.5 Å². The Morgan fingerprint density at radius 2 is 1.22 bits per heavy atom. The number of nitrogens with zero attached hydrogens (tertiary/aromatic N) is 5. The largest absolute Gasteiger partial charge is 2.00 e. The summed E-state index contributed by atoms with van der Waals surface area (Å²) in [4.78, 5) is 14.5. The van der Waals surface area contributed by atoms with Gasteiger partial charge in [-0.2, -0.15) is 0 Å². The number of ether oxygens (including phenoxy) is 1. The third-order valence-electron chi connectivity index (χ3n) is 8.57. The van der Waals surface area contributed by atoms with E-state index in [4.69, 9.17) is 14.7 Å². The number of imidazole rings is 2. The molecule has 0 aliphatic heterocycles. The van der Waals surface area contributed by atoms with Gasteiger partial charge in [0.15, 0.2) is 0 Å². The number of hydrogen-bond acceptors (Lipinski definition) is 4. The number of aromatic nitrogens is 5. The molecule has 0 fully saturated rings. The molecule has 0 saturated carbocycles. The molecule has 0 spiro atoms. The maximum absolute atomic E-state index is 6.38. The zero-order valence-corrected chi connectivity index (χ0v) is 27.0. The van der Waals surface area contributed by atoms with Gasteiger partial charge in [-0.25, -0.2) is 4.98 Å². The van der Waals surface area contributed by atoms with Crippen LogP contribution in [-0.2, 0) is 21.1 Å². The van der Waals surface area contributed by atoms with Crippen molar-refractivity contribution in [2.45, 2.75) is 20.8 Å². The molecule has 0 amide bonds. The van der Waals surface area contributed by atoms with Crippen molar-refractivity contribution in [3.63, 3.8) is 0 Å². The second-order valence-corrected chi connectivity index (χ2v) is 11.4. The maximum Gasteiger partial charge on any atom is 2.00 e. The topological polar surface area (TPSA) is 56.7 Å². The van der Waals surface area contributed by atoms with Crippen molar-refractivity contribution in [3.05, 3.63) is 126 Å².